The predicted molar refractivity (Wildman–Crippen MR) is 87.1 cm³/mol. The van der Waals surface area contributed by atoms with E-state index in [1.165, 1.54) is 0 Å². The van der Waals surface area contributed by atoms with Gasteiger partial charge in [-0.1, -0.05) is 15.9 Å². The van der Waals surface area contributed by atoms with Gasteiger partial charge in [-0.05, 0) is 60.9 Å². The first-order valence-electron chi connectivity index (χ1n) is 7.08. The first-order valence-corrected chi connectivity index (χ1v) is 7.88. The largest absolute Gasteiger partial charge is 0.504 e. The molecule has 0 aromatic heterocycles. The van der Waals surface area contributed by atoms with Crippen LogP contribution in [0.4, 0.5) is 0 Å². The molecular formula is C17H16BrNO3. The maximum atomic E-state index is 12.7. The molecule has 1 unspecified atom stereocenters. The zero-order valence-corrected chi connectivity index (χ0v) is 13.7. The molecule has 2 N–H and O–H groups in total. The number of hydrogen-bond donors (Lipinski definition) is 2. The second-order valence-corrected chi connectivity index (χ2v) is 6.39. The maximum absolute atomic E-state index is 12.7. The first-order chi connectivity index (χ1) is 10.5. The van der Waals surface area contributed by atoms with E-state index in [1.807, 2.05) is 19.1 Å². The summed E-state index contributed by atoms with van der Waals surface area (Å²) in [4.78, 5) is 14.5. The number of phenols is 2. The lowest BCUT2D eigenvalue weighted by Gasteiger charge is -2.35. The Balaban J connectivity index is 1.92. The summed E-state index contributed by atoms with van der Waals surface area (Å²) >= 11 is 3.36. The van der Waals surface area contributed by atoms with Gasteiger partial charge in [-0.2, -0.15) is 0 Å². The van der Waals surface area contributed by atoms with Gasteiger partial charge < -0.3 is 15.1 Å². The quantitative estimate of drug-likeness (QED) is 0.762. The Kier molecular flexibility index (Phi) is 3.83. The SMILES string of the molecule is CC1c2cc(O)c(O)cc2CCN1C(=O)c1ccc(Br)cc1. The molecule has 2 aromatic carbocycles. The molecule has 1 aliphatic rings. The maximum Gasteiger partial charge on any atom is 0.254 e. The van der Waals surface area contributed by atoms with Crippen LogP contribution in [-0.4, -0.2) is 27.6 Å². The number of rotatable bonds is 1. The summed E-state index contributed by atoms with van der Waals surface area (Å²) in [5, 5.41) is 19.3. The van der Waals surface area contributed by atoms with Gasteiger partial charge in [0.25, 0.3) is 5.91 Å². The smallest absolute Gasteiger partial charge is 0.254 e. The number of phenolic OH excluding ortho intramolecular Hbond substituents is 2. The van der Waals surface area contributed by atoms with E-state index in [-0.39, 0.29) is 23.4 Å². The molecule has 0 spiro atoms. The van der Waals surface area contributed by atoms with Crippen molar-refractivity contribution in [2.75, 3.05) is 6.54 Å². The molecule has 0 radical (unpaired) electrons. The highest BCUT2D eigenvalue weighted by Crippen LogP contribution is 2.37. The normalized spacial score (nSPS) is 17.2. The monoisotopic (exact) mass is 361 g/mol. The lowest BCUT2D eigenvalue weighted by atomic mass is 9.92. The van der Waals surface area contributed by atoms with Gasteiger partial charge in [-0.3, -0.25) is 4.79 Å². The minimum Gasteiger partial charge on any atom is -0.504 e. The van der Waals surface area contributed by atoms with E-state index in [4.69, 9.17) is 0 Å². The highest BCUT2D eigenvalue weighted by atomic mass is 79.9. The second kappa shape index (κ2) is 5.65. The number of fused-ring (bicyclic) bond motifs is 1. The van der Waals surface area contributed by atoms with Gasteiger partial charge in [-0.25, -0.2) is 0 Å². The summed E-state index contributed by atoms with van der Waals surface area (Å²) in [5.74, 6) is -0.291. The molecule has 0 saturated carbocycles. The van der Waals surface area contributed by atoms with Crippen LogP contribution >= 0.6 is 15.9 Å². The molecule has 1 aliphatic heterocycles. The fourth-order valence-corrected chi connectivity index (χ4v) is 3.14. The van der Waals surface area contributed by atoms with Crippen molar-refractivity contribution in [3.05, 3.63) is 57.6 Å². The average molecular weight is 362 g/mol. The van der Waals surface area contributed by atoms with E-state index in [1.54, 1.807) is 29.2 Å². The number of benzene rings is 2. The van der Waals surface area contributed by atoms with Crippen LogP contribution in [0.2, 0.25) is 0 Å². The van der Waals surface area contributed by atoms with Crippen LogP contribution in [0.3, 0.4) is 0 Å². The topological polar surface area (TPSA) is 60.8 Å². The molecule has 4 nitrogen and oxygen atoms in total. The van der Waals surface area contributed by atoms with E-state index < -0.39 is 0 Å². The Bertz CT molecular complexity index is 727. The molecule has 3 rings (SSSR count). The highest BCUT2D eigenvalue weighted by Gasteiger charge is 2.29. The number of nitrogens with zero attached hydrogens (tertiary/aromatic N) is 1. The molecule has 2 aromatic rings. The van der Waals surface area contributed by atoms with Crippen molar-refractivity contribution in [3.8, 4) is 11.5 Å². The van der Waals surface area contributed by atoms with Crippen LogP contribution in [0.1, 0.15) is 34.5 Å². The summed E-state index contributed by atoms with van der Waals surface area (Å²) in [6.07, 6.45) is 0.662. The molecule has 0 fully saturated rings. The second-order valence-electron chi connectivity index (χ2n) is 5.47. The van der Waals surface area contributed by atoms with Crippen molar-refractivity contribution in [1.29, 1.82) is 0 Å². The van der Waals surface area contributed by atoms with Crippen LogP contribution in [0.15, 0.2) is 40.9 Å². The minimum absolute atomic E-state index is 0.0294. The highest BCUT2D eigenvalue weighted by molar-refractivity contribution is 9.10. The van der Waals surface area contributed by atoms with Gasteiger partial charge in [0.1, 0.15) is 0 Å². The third-order valence-electron chi connectivity index (χ3n) is 4.13. The van der Waals surface area contributed by atoms with Gasteiger partial charge in [-0.15, -0.1) is 0 Å². The van der Waals surface area contributed by atoms with Crippen molar-refractivity contribution >= 4 is 21.8 Å². The summed E-state index contributed by atoms with van der Waals surface area (Å²) in [5.41, 5.74) is 2.50. The summed E-state index contributed by atoms with van der Waals surface area (Å²) < 4.78 is 0.932. The molecule has 0 saturated heterocycles. The van der Waals surface area contributed by atoms with E-state index in [0.29, 0.717) is 18.5 Å². The number of aromatic hydroxyl groups is 2. The Hall–Kier alpha value is -2.01. The van der Waals surface area contributed by atoms with Gasteiger partial charge >= 0.3 is 0 Å². The molecule has 22 heavy (non-hydrogen) atoms. The number of halogens is 1. The molecule has 1 amide bonds. The van der Waals surface area contributed by atoms with Crippen molar-refractivity contribution in [3.63, 3.8) is 0 Å². The third kappa shape index (κ3) is 2.57. The zero-order valence-electron chi connectivity index (χ0n) is 12.1. The predicted octanol–water partition coefficient (Wildman–Crippen LogP) is 3.62. The molecule has 0 aliphatic carbocycles. The Morgan fingerprint density at radius 2 is 1.82 bits per heavy atom. The van der Waals surface area contributed by atoms with E-state index >= 15 is 0 Å². The lowest BCUT2D eigenvalue weighted by molar-refractivity contribution is 0.0677. The van der Waals surface area contributed by atoms with Gasteiger partial charge in [0.2, 0.25) is 0 Å². The Labute approximate surface area is 137 Å². The van der Waals surface area contributed by atoms with Crippen LogP contribution < -0.4 is 0 Å². The number of carbonyl (C=O) groups excluding carboxylic acids is 1. The molecule has 0 bridgehead atoms. The van der Waals surface area contributed by atoms with Crippen LogP contribution in [0, 0.1) is 0 Å². The standard InChI is InChI=1S/C17H16BrNO3/c1-10-14-9-16(21)15(20)8-12(14)6-7-19(10)17(22)11-2-4-13(18)5-3-11/h2-5,8-10,20-21H,6-7H2,1H3. The molecule has 1 atom stereocenters. The summed E-state index contributed by atoms with van der Waals surface area (Å²) in [7, 11) is 0. The van der Waals surface area contributed by atoms with Crippen molar-refractivity contribution < 1.29 is 15.0 Å². The van der Waals surface area contributed by atoms with Gasteiger partial charge in [0.15, 0.2) is 11.5 Å². The molecule has 114 valence electrons. The Morgan fingerprint density at radius 1 is 1.18 bits per heavy atom. The first kappa shape index (κ1) is 14.9. The minimum atomic E-state index is -0.149. The zero-order chi connectivity index (χ0) is 15.9. The van der Waals surface area contributed by atoms with Crippen molar-refractivity contribution in [1.82, 2.24) is 4.90 Å². The number of hydrogen-bond acceptors (Lipinski definition) is 3. The summed E-state index contributed by atoms with van der Waals surface area (Å²) in [6, 6.07) is 10.3. The number of carbonyl (C=O) groups is 1. The fraction of sp³-hybridized carbons (Fsp3) is 0.235. The molecule has 1 heterocycles. The van der Waals surface area contributed by atoms with Crippen molar-refractivity contribution in [2.45, 2.75) is 19.4 Å². The van der Waals surface area contributed by atoms with Gasteiger partial charge in [0, 0.05) is 16.6 Å². The molecule has 5 heteroatoms. The van der Waals surface area contributed by atoms with Crippen LogP contribution in [-0.2, 0) is 6.42 Å². The van der Waals surface area contributed by atoms with Crippen LogP contribution in [0.25, 0.3) is 0 Å². The Morgan fingerprint density at radius 3 is 2.50 bits per heavy atom. The summed E-state index contributed by atoms with van der Waals surface area (Å²) in [6.45, 7) is 2.53. The average Bonchev–Trinajstić information content (AvgIpc) is 2.50. The van der Waals surface area contributed by atoms with Crippen LogP contribution in [0.5, 0.6) is 11.5 Å². The van der Waals surface area contributed by atoms with Gasteiger partial charge in [0.05, 0.1) is 6.04 Å². The fourth-order valence-electron chi connectivity index (χ4n) is 2.88. The third-order valence-corrected chi connectivity index (χ3v) is 4.66. The van der Waals surface area contributed by atoms with E-state index in [9.17, 15) is 15.0 Å². The lowest BCUT2D eigenvalue weighted by Crippen LogP contribution is -2.38. The molecular weight excluding hydrogens is 346 g/mol. The van der Waals surface area contributed by atoms with E-state index in [0.717, 1.165) is 15.6 Å². The number of amides is 1. The van der Waals surface area contributed by atoms with E-state index in [2.05, 4.69) is 15.9 Å². The van der Waals surface area contributed by atoms with Crippen molar-refractivity contribution in [2.24, 2.45) is 0 Å².